The average molecular weight is 377 g/mol. The molecule has 102 valence electrons. The minimum Gasteiger partial charge on any atom is -0.378 e. The second kappa shape index (κ2) is 5.83. The predicted octanol–water partition coefficient (Wildman–Crippen LogP) is 4.27. The lowest BCUT2D eigenvalue weighted by atomic mass is 10.3. The Labute approximate surface area is 132 Å². The molecular weight excluding hydrogens is 361 g/mol. The molecule has 0 radical (unpaired) electrons. The first-order chi connectivity index (χ1) is 9.78. The van der Waals surface area contributed by atoms with Crippen LogP contribution in [0.2, 0.25) is 0 Å². The first-order valence-electron chi connectivity index (χ1n) is 6.71. The highest BCUT2D eigenvalue weighted by Crippen LogP contribution is 2.18. The lowest BCUT2D eigenvalue weighted by Crippen LogP contribution is -2.07. The van der Waals surface area contributed by atoms with E-state index in [-0.39, 0.29) is 0 Å². The number of halogens is 1. The van der Waals surface area contributed by atoms with E-state index in [2.05, 4.69) is 81.9 Å². The zero-order chi connectivity index (χ0) is 13.9. The fourth-order valence-electron chi connectivity index (χ4n) is 2.39. The highest BCUT2D eigenvalue weighted by molar-refractivity contribution is 14.1. The molecule has 2 aromatic carbocycles. The van der Waals surface area contributed by atoms with Crippen LogP contribution in [0, 0.1) is 3.57 Å². The van der Waals surface area contributed by atoms with E-state index in [0.29, 0.717) is 0 Å². The largest absolute Gasteiger partial charge is 0.378 e. The number of hydrogen-bond acceptors (Lipinski definition) is 2. The minimum absolute atomic E-state index is 0.739. The minimum atomic E-state index is 0.739. The molecule has 0 unspecified atom stereocenters. The summed E-state index contributed by atoms with van der Waals surface area (Å²) >= 11 is 2.32. The molecule has 1 N–H and O–H groups in total. The molecule has 0 aliphatic heterocycles. The second-order valence-electron chi connectivity index (χ2n) is 4.62. The van der Waals surface area contributed by atoms with Gasteiger partial charge in [0.15, 0.2) is 0 Å². The summed E-state index contributed by atoms with van der Waals surface area (Å²) in [5, 5.41) is 3.45. The van der Waals surface area contributed by atoms with Crippen LogP contribution in [-0.2, 0) is 13.1 Å². The van der Waals surface area contributed by atoms with Gasteiger partial charge in [-0.05, 0) is 59.8 Å². The highest BCUT2D eigenvalue weighted by Gasteiger charge is 2.08. The van der Waals surface area contributed by atoms with Gasteiger partial charge in [0.1, 0.15) is 5.82 Å². The monoisotopic (exact) mass is 377 g/mol. The van der Waals surface area contributed by atoms with E-state index in [0.717, 1.165) is 30.1 Å². The van der Waals surface area contributed by atoms with Crippen molar-refractivity contribution < 1.29 is 0 Å². The first kappa shape index (κ1) is 13.4. The van der Waals surface area contributed by atoms with Crippen LogP contribution in [0.15, 0.2) is 48.5 Å². The van der Waals surface area contributed by atoms with Gasteiger partial charge in [-0.3, -0.25) is 0 Å². The van der Waals surface area contributed by atoms with E-state index in [1.807, 2.05) is 6.07 Å². The van der Waals surface area contributed by atoms with Crippen molar-refractivity contribution >= 4 is 39.3 Å². The predicted molar refractivity (Wildman–Crippen MR) is 91.9 cm³/mol. The van der Waals surface area contributed by atoms with Crippen molar-refractivity contribution in [3.63, 3.8) is 0 Å². The summed E-state index contributed by atoms with van der Waals surface area (Å²) in [6.45, 7) is 3.83. The summed E-state index contributed by atoms with van der Waals surface area (Å²) in [6.07, 6.45) is 0. The maximum absolute atomic E-state index is 4.72. The van der Waals surface area contributed by atoms with Gasteiger partial charge in [-0.25, -0.2) is 4.98 Å². The highest BCUT2D eigenvalue weighted by atomic mass is 127. The van der Waals surface area contributed by atoms with E-state index in [9.17, 15) is 0 Å². The summed E-state index contributed by atoms with van der Waals surface area (Å²) in [5.41, 5.74) is 3.40. The molecule has 0 fully saturated rings. The van der Waals surface area contributed by atoms with Gasteiger partial charge in [0, 0.05) is 15.8 Å². The average Bonchev–Trinajstić information content (AvgIpc) is 2.82. The molecule has 0 atom stereocenters. The summed E-state index contributed by atoms with van der Waals surface area (Å²) in [7, 11) is 0. The molecule has 0 amide bonds. The maximum Gasteiger partial charge on any atom is 0.129 e. The van der Waals surface area contributed by atoms with Gasteiger partial charge in [0.25, 0.3) is 0 Å². The zero-order valence-corrected chi connectivity index (χ0v) is 13.5. The van der Waals surface area contributed by atoms with Crippen LogP contribution in [0.4, 0.5) is 5.69 Å². The third-order valence-electron chi connectivity index (χ3n) is 3.33. The Kier molecular flexibility index (Phi) is 3.91. The lowest BCUT2D eigenvalue weighted by molar-refractivity contribution is 0.729. The molecule has 3 nitrogen and oxygen atoms in total. The molecule has 1 heterocycles. The number of hydrogen-bond donors (Lipinski definition) is 1. The van der Waals surface area contributed by atoms with Gasteiger partial charge in [-0.15, -0.1) is 0 Å². The second-order valence-corrected chi connectivity index (χ2v) is 5.87. The Morgan fingerprint density at radius 3 is 2.80 bits per heavy atom. The number of aryl methyl sites for hydroxylation is 1. The third kappa shape index (κ3) is 2.65. The van der Waals surface area contributed by atoms with Crippen LogP contribution in [0.1, 0.15) is 12.7 Å². The SMILES string of the molecule is CCn1c(CNc2cccc(I)c2)nc2ccccc21. The fraction of sp³-hybridized carbons (Fsp3) is 0.188. The van der Waals surface area contributed by atoms with E-state index in [4.69, 9.17) is 4.98 Å². The summed E-state index contributed by atoms with van der Waals surface area (Å²) < 4.78 is 3.49. The Bertz CT molecular complexity index is 733. The third-order valence-corrected chi connectivity index (χ3v) is 4.00. The molecule has 3 aromatic rings. The van der Waals surface area contributed by atoms with Gasteiger partial charge in [0.2, 0.25) is 0 Å². The number of anilines is 1. The molecule has 0 saturated carbocycles. The van der Waals surface area contributed by atoms with Gasteiger partial charge in [-0.2, -0.15) is 0 Å². The van der Waals surface area contributed by atoms with Gasteiger partial charge >= 0.3 is 0 Å². The number of nitrogens with one attached hydrogen (secondary N) is 1. The zero-order valence-electron chi connectivity index (χ0n) is 11.3. The van der Waals surface area contributed by atoms with Crippen molar-refractivity contribution in [3.05, 3.63) is 57.9 Å². The topological polar surface area (TPSA) is 29.9 Å². The number of benzene rings is 2. The Balaban J connectivity index is 1.87. The number of para-hydroxylation sites is 2. The number of imidazole rings is 1. The van der Waals surface area contributed by atoms with Crippen molar-refractivity contribution in [3.8, 4) is 0 Å². The quantitative estimate of drug-likeness (QED) is 0.689. The standard InChI is InChI=1S/C16H16IN3/c1-2-20-15-9-4-3-8-14(15)19-16(20)11-18-13-7-5-6-12(17)10-13/h3-10,18H,2,11H2,1H3. The van der Waals surface area contributed by atoms with Crippen molar-refractivity contribution in [2.75, 3.05) is 5.32 Å². The number of nitrogens with zero attached hydrogens (tertiary/aromatic N) is 2. The molecule has 20 heavy (non-hydrogen) atoms. The van der Waals surface area contributed by atoms with Gasteiger partial charge < -0.3 is 9.88 Å². The summed E-state index contributed by atoms with van der Waals surface area (Å²) in [4.78, 5) is 4.72. The van der Waals surface area contributed by atoms with Gasteiger partial charge in [0.05, 0.1) is 17.6 Å². The molecule has 0 aliphatic rings. The van der Waals surface area contributed by atoms with E-state index < -0.39 is 0 Å². The summed E-state index contributed by atoms with van der Waals surface area (Å²) in [5.74, 6) is 1.08. The maximum atomic E-state index is 4.72. The molecule has 4 heteroatoms. The smallest absolute Gasteiger partial charge is 0.129 e. The molecule has 1 aromatic heterocycles. The van der Waals surface area contributed by atoms with Crippen molar-refractivity contribution in [1.82, 2.24) is 9.55 Å². The molecule has 0 spiro atoms. The number of fused-ring (bicyclic) bond motifs is 1. The Morgan fingerprint density at radius 1 is 1.15 bits per heavy atom. The summed E-state index contributed by atoms with van der Waals surface area (Å²) in [6, 6.07) is 16.7. The molecule has 3 rings (SSSR count). The van der Waals surface area contributed by atoms with Crippen molar-refractivity contribution in [2.24, 2.45) is 0 Å². The fourth-order valence-corrected chi connectivity index (χ4v) is 2.94. The normalized spacial score (nSPS) is 10.9. The van der Waals surface area contributed by atoms with Crippen molar-refractivity contribution in [1.29, 1.82) is 0 Å². The van der Waals surface area contributed by atoms with Crippen LogP contribution in [0.3, 0.4) is 0 Å². The van der Waals surface area contributed by atoms with Crippen molar-refractivity contribution in [2.45, 2.75) is 20.0 Å². The number of rotatable bonds is 4. The Morgan fingerprint density at radius 2 is 2.00 bits per heavy atom. The molecule has 0 aliphatic carbocycles. The molecule has 0 saturated heterocycles. The first-order valence-corrected chi connectivity index (χ1v) is 7.79. The molecular formula is C16H16IN3. The van der Waals surface area contributed by atoms with Crippen LogP contribution in [0.5, 0.6) is 0 Å². The number of aromatic nitrogens is 2. The van der Waals surface area contributed by atoms with Crippen LogP contribution >= 0.6 is 22.6 Å². The lowest BCUT2D eigenvalue weighted by Gasteiger charge is -2.09. The van der Waals surface area contributed by atoms with Crippen LogP contribution in [0.25, 0.3) is 11.0 Å². The van der Waals surface area contributed by atoms with Gasteiger partial charge in [-0.1, -0.05) is 18.2 Å². The molecule has 0 bridgehead atoms. The van der Waals surface area contributed by atoms with E-state index >= 15 is 0 Å². The van der Waals surface area contributed by atoms with E-state index in [1.54, 1.807) is 0 Å². The van der Waals surface area contributed by atoms with Crippen LogP contribution < -0.4 is 5.32 Å². The Hall–Kier alpha value is -1.56. The van der Waals surface area contributed by atoms with E-state index in [1.165, 1.54) is 9.09 Å². The van der Waals surface area contributed by atoms with Crippen LogP contribution in [-0.4, -0.2) is 9.55 Å².